The van der Waals surface area contributed by atoms with Crippen molar-refractivity contribution in [2.24, 2.45) is 0 Å². The molecule has 20 heavy (non-hydrogen) atoms. The zero-order valence-corrected chi connectivity index (χ0v) is 10.9. The largest absolute Gasteiger partial charge is 0.634 e. The summed E-state index contributed by atoms with van der Waals surface area (Å²) in [6.07, 6.45) is -5.41. The van der Waals surface area contributed by atoms with Gasteiger partial charge in [-0.2, -0.15) is 0 Å². The molecule has 1 fully saturated rings. The molecule has 7 N–H and O–H groups in total. The summed E-state index contributed by atoms with van der Waals surface area (Å²) in [7, 11) is -2.19. The predicted molar refractivity (Wildman–Crippen MR) is 65.2 cm³/mol. The van der Waals surface area contributed by atoms with Crippen molar-refractivity contribution < 1.29 is 45.0 Å². The Kier molecular flexibility index (Phi) is 6.78. The highest BCUT2D eigenvalue weighted by molar-refractivity contribution is 6.32. The van der Waals surface area contributed by atoms with Crippen LogP contribution in [0.2, 0.25) is 0 Å². The number of hydrogen-bond donors (Lipinski definition) is 7. The molecule has 118 valence electrons. The van der Waals surface area contributed by atoms with Crippen LogP contribution in [-0.4, -0.2) is 92.7 Å². The lowest BCUT2D eigenvalue weighted by atomic mass is 9.79. The van der Waals surface area contributed by atoms with Crippen LogP contribution in [0, 0.1) is 0 Å². The Morgan fingerprint density at radius 1 is 1.05 bits per heavy atom. The average molecular weight is 296 g/mol. The van der Waals surface area contributed by atoms with E-state index in [0.717, 1.165) is 0 Å². The van der Waals surface area contributed by atoms with Gasteiger partial charge in [-0.05, 0) is 0 Å². The third kappa shape index (κ3) is 4.10. The highest BCUT2D eigenvalue weighted by Crippen LogP contribution is 2.38. The zero-order chi connectivity index (χ0) is 15.3. The first kappa shape index (κ1) is 17.8. The molecule has 0 spiro atoms. The first-order valence-corrected chi connectivity index (χ1v) is 6.27. The first-order chi connectivity index (χ1) is 9.36. The van der Waals surface area contributed by atoms with Crippen LogP contribution in [0.3, 0.4) is 0 Å². The molecule has 1 aliphatic rings. The van der Waals surface area contributed by atoms with E-state index in [0.29, 0.717) is 13.0 Å². The third-order valence-electron chi connectivity index (χ3n) is 3.42. The van der Waals surface area contributed by atoms with Crippen LogP contribution in [0.15, 0.2) is 0 Å². The van der Waals surface area contributed by atoms with Gasteiger partial charge in [0.2, 0.25) is 0 Å². The van der Waals surface area contributed by atoms with Crippen LogP contribution in [-0.2, 0) is 9.39 Å². The van der Waals surface area contributed by atoms with E-state index >= 15 is 0 Å². The topological polar surface area (TPSA) is 160 Å². The van der Waals surface area contributed by atoms with Gasteiger partial charge in [0, 0.05) is 12.8 Å². The monoisotopic (exact) mass is 296 g/mol. The molecule has 1 heterocycles. The van der Waals surface area contributed by atoms with Crippen molar-refractivity contribution in [3.05, 3.63) is 0 Å². The smallest absolute Gasteiger partial charge is 0.402 e. The summed E-state index contributed by atoms with van der Waals surface area (Å²) in [5.41, 5.74) is -1.28. The van der Waals surface area contributed by atoms with Gasteiger partial charge in [-0.3, -0.25) is 0 Å². The van der Waals surface area contributed by atoms with E-state index in [1.54, 1.807) is 0 Å². The number of ether oxygens (including phenoxy) is 1. The Hall–Kier alpha value is -0.295. The third-order valence-corrected chi connectivity index (χ3v) is 3.42. The van der Waals surface area contributed by atoms with Gasteiger partial charge in [-0.25, -0.2) is 0 Å². The lowest BCUT2D eigenvalue weighted by Crippen LogP contribution is -2.62. The van der Waals surface area contributed by atoms with Crippen LogP contribution in [0.4, 0.5) is 0 Å². The fourth-order valence-corrected chi connectivity index (χ4v) is 2.27. The highest BCUT2D eigenvalue weighted by atomic mass is 16.6. The molecular formula is C10H21BO9. The fourth-order valence-electron chi connectivity index (χ4n) is 2.27. The quantitative estimate of drug-likeness (QED) is 0.210. The second kappa shape index (κ2) is 7.64. The Morgan fingerprint density at radius 3 is 1.95 bits per heavy atom. The van der Waals surface area contributed by atoms with Gasteiger partial charge in [0.05, 0.1) is 25.9 Å². The number of aliphatic hydroxyl groups excluding tert-OH is 5. The van der Waals surface area contributed by atoms with Crippen LogP contribution in [0.5, 0.6) is 0 Å². The second-order valence-corrected chi connectivity index (χ2v) is 4.82. The molecule has 0 saturated carbocycles. The zero-order valence-electron chi connectivity index (χ0n) is 10.9. The molecule has 5 unspecified atom stereocenters. The molecule has 0 radical (unpaired) electrons. The van der Waals surface area contributed by atoms with Gasteiger partial charge in [-0.15, -0.1) is 0 Å². The molecule has 0 aromatic rings. The molecule has 10 heteroatoms. The number of hydrogen-bond acceptors (Lipinski definition) is 9. The Labute approximate surface area is 116 Å². The van der Waals surface area contributed by atoms with Crippen molar-refractivity contribution >= 4 is 7.32 Å². The summed E-state index contributed by atoms with van der Waals surface area (Å²) in [6.45, 7) is -1.07. The summed E-state index contributed by atoms with van der Waals surface area (Å²) in [6, 6.07) is 0. The van der Waals surface area contributed by atoms with Crippen molar-refractivity contribution in [3.8, 4) is 0 Å². The summed E-state index contributed by atoms with van der Waals surface area (Å²) in [5.74, 6) is 0. The lowest BCUT2D eigenvalue weighted by Gasteiger charge is -2.49. The van der Waals surface area contributed by atoms with E-state index in [1.807, 2.05) is 0 Å². The lowest BCUT2D eigenvalue weighted by molar-refractivity contribution is -0.244. The van der Waals surface area contributed by atoms with Crippen LogP contribution in [0.25, 0.3) is 0 Å². The van der Waals surface area contributed by atoms with E-state index in [9.17, 15) is 15.3 Å². The molecular weight excluding hydrogens is 275 g/mol. The Bertz CT molecular complexity index is 286. The van der Waals surface area contributed by atoms with Gasteiger partial charge < -0.3 is 45.0 Å². The molecule has 1 saturated heterocycles. The molecule has 0 aromatic heterocycles. The maximum atomic E-state index is 9.74. The second-order valence-electron chi connectivity index (χ2n) is 4.82. The summed E-state index contributed by atoms with van der Waals surface area (Å²) >= 11 is 0. The maximum Gasteiger partial charge on any atom is 0.634 e. The molecule has 0 amide bonds. The minimum Gasteiger partial charge on any atom is -0.402 e. The summed E-state index contributed by atoms with van der Waals surface area (Å²) in [5, 5.41) is 64.3. The van der Waals surface area contributed by atoms with Crippen molar-refractivity contribution in [1.29, 1.82) is 0 Å². The molecule has 0 bridgehead atoms. The number of rotatable bonds is 9. The SMILES string of the molecule is OCC(O)C(O)CC1(C(OB(O)O)C(O)CO)CCO1. The van der Waals surface area contributed by atoms with E-state index in [2.05, 4.69) is 0 Å². The van der Waals surface area contributed by atoms with Crippen molar-refractivity contribution in [2.75, 3.05) is 19.8 Å². The standard InChI is InChI=1S/C10H21BO9/c12-4-7(15)6(14)3-10(1-2-19-10)9(8(16)5-13)20-11(17)18/h6-9,12-18H,1-5H2. The molecule has 0 aromatic carbocycles. The molecule has 0 aliphatic carbocycles. The van der Waals surface area contributed by atoms with E-state index in [4.69, 9.17) is 29.7 Å². The van der Waals surface area contributed by atoms with Crippen molar-refractivity contribution in [2.45, 2.75) is 42.9 Å². The molecule has 9 nitrogen and oxygen atoms in total. The Morgan fingerprint density at radius 2 is 1.60 bits per heavy atom. The van der Waals surface area contributed by atoms with E-state index < -0.39 is 50.6 Å². The van der Waals surface area contributed by atoms with Crippen LogP contribution >= 0.6 is 0 Å². The maximum absolute atomic E-state index is 9.74. The van der Waals surface area contributed by atoms with Gasteiger partial charge in [0.1, 0.15) is 23.9 Å². The van der Waals surface area contributed by atoms with Gasteiger partial charge in [0.15, 0.2) is 0 Å². The molecule has 5 atom stereocenters. The average Bonchev–Trinajstić information content (AvgIpc) is 2.38. The molecule has 1 aliphatic heterocycles. The highest BCUT2D eigenvalue weighted by Gasteiger charge is 2.52. The van der Waals surface area contributed by atoms with Crippen LogP contribution in [0.1, 0.15) is 12.8 Å². The fraction of sp³-hybridized carbons (Fsp3) is 1.00. The Balaban J connectivity index is 2.82. The molecule has 1 rings (SSSR count). The van der Waals surface area contributed by atoms with E-state index in [1.165, 1.54) is 0 Å². The number of aliphatic hydroxyl groups is 5. The minimum absolute atomic E-state index is 0.205. The van der Waals surface area contributed by atoms with Gasteiger partial charge >= 0.3 is 7.32 Å². The van der Waals surface area contributed by atoms with E-state index in [-0.39, 0.29) is 6.42 Å². The first-order valence-electron chi connectivity index (χ1n) is 6.27. The summed E-state index contributed by atoms with van der Waals surface area (Å²) in [4.78, 5) is 0. The van der Waals surface area contributed by atoms with Gasteiger partial charge in [-0.1, -0.05) is 0 Å². The summed E-state index contributed by atoms with van der Waals surface area (Å²) < 4.78 is 10.0. The normalized spacial score (nSPS) is 28.4. The van der Waals surface area contributed by atoms with Crippen molar-refractivity contribution in [1.82, 2.24) is 0 Å². The van der Waals surface area contributed by atoms with Gasteiger partial charge in [0.25, 0.3) is 0 Å². The predicted octanol–water partition coefficient (Wildman–Crippen LogP) is -4.04. The van der Waals surface area contributed by atoms with Crippen LogP contribution < -0.4 is 0 Å². The minimum atomic E-state index is -2.19. The van der Waals surface area contributed by atoms with Crippen molar-refractivity contribution in [3.63, 3.8) is 0 Å².